The molecule has 3 aromatic carbocycles. The molecule has 0 unspecified atom stereocenters. The lowest BCUT2D eigenvalue weighted by Gasteiger charge is -2.24. The molecule has 0 bridgehead atoms. The van der Waals surface area contributed by atoms with Crippen LogP contribution < -0.4 is 31.5 Å². The summed E-state index contributed by atoms with van der Waals surface area (Å²) in [6, 6.07) is 17.5. The van der Waals surface area contributed by atoms with Gasteiger partial charge in [0.1, 0.15) is 11.2 Å². The standard InChI is InChI=1S/C20H24F3N3O2.C15H16F3N3.C10H5BrF3N.C10H20N2O2.CH4/c1-12-10-26(11-15(12)25-18(27)28-19(2,3)4)16-8-7-14(20(21,22)23)17-13(16)6-5-9-24-17;1-9-7-21(8-12(9)19)13-5-4-11(15(16,17)18)14-10(13)3-2-6-20-14;11-8-4-3-7(10(12,13)14)9-6(8)2-1-5-15-9;1-7-5-11-6-8(7)12-9(13)14-10(2,3)4;/h5-9,12,15H,10-11H2,1-4H3,(H,25,27);2-6,9,12H,7-8,19H2,1H3;1-5H;7-8,11H,5-6H2,1-4H3,(H,12,13);1H4/t12-,15+;9-,12+;;7-,8+;/m11.1./s1. The van der Waals surface area contributed by atoms with Crippen LogP contribution in [0.3, 0.4) is 0 Å². The molecule has 79 heavy (non-hydrogen) atoms. The average molecular weight is 1180 g/mol. The van der Waals surface area contributed by atoms with Crippen molar-refractivity contribution in [3.05, 3.63) is 113 Å². The van der Waals surface area contributed by atoms with Crippen molar-refractivity contribution in [3.63, 3.8) is 0 Å². The summed E-state index contributed by atoms with van der Waals surface area (Å²) >= 11 is 3.19. The van der Waals surface area contributed by atoms with E-state index in [9.17, 15) is 49.1 Å². The molecule has 6 aromatic rings. The van der Waals surface area contributed by atoms with Crippen molar-refractivity contribution in [2.75, 3.05) is 49.1 Å². The SMILES string of the molecule is C.C[C@@H]1CN(c2ccc(C(F)(F)F)c3ncccc23)C[C@@H]1N.C[C@@H]1CN(c2ccc(C(F)(F)F)c3ncccc23)C[C@@H]1NC(=O)OC(C)(C)C.C[C@@H]1CNC[C@@H]1NC(=O)OC(C)(C)C.FC(F)(F)c1ccc(Br)c2cccnc12. The molecule has 3 fully saturated rings. The molecule has 0 radical (unpaired) electrons. The minimum atomic E-state index is -4.47. The van der Waals surface area contributed by atoms with Crippen molar-refractivity contribution in [1.82, 2.24) is 30.9 Å². The summed E-state index contributed by atoms with van der Waals surface area (Å²) in [6.07, 6.45) is -9.95. The highest BCUT2D eigenvalue weighted by atomic mass is 79.9. The molecule has 3 saturated heterocycles. The summed E-state index contributed by atoms with van der Waals surface area (Å²) in [5.74, 6) is 0.906. The number of alkyl halides is 9. The van der Waals surface area contributed by atoms with Gasteiger partial charge >= 0.3 is 30.7 Å². The van der Waals surface area contributed by atoms with Crippen LogP contribution in [0, 0.1) is 17.8 Å². The molecule has 3 aliphatic heterocycles. The van der Waals surface area contributed by atoms with Gasteiger partial charge in [0.05, 0.1) is 39.3 Å². The van der Waals surface area contributed by atoms with Crippen LogP contribution in [0.5, 0.6) is 0 Å². The Morgan fingerprint density at radius 2 is 0.949 bits per heavy atom. The van der Waals surface area contributed by atoms with E-state index in [1.54, 1.807) is 57.2 Å². The van der Waals surface area contributed by atoms with E-state index in [2.05, 4.69) is 60.7 Å². The molecular formula is C56H69BrF9N9O4. The Bertz CT molecular complexity index is 3030. The number of halogens is 10. The summed E-state index contributed by atoms with van der Waals surface area (Å²) in [4.78, 5) is 39.2. The number of carbonyl (C=O) groups is 2. The second-order valence-electron chi connectivity index (χ2n) is 21.6. The Kier molecular flexibility index (Phi) is 20.5. The largest absolute Gasteiger partial charge is 0.444 e. The number of aromatic nitrogens is 3. The van der Waals surface area contributed by atoms with Crippen molar-refractivity contribution in [3.8, 4) is 0 Å². The van der Waals surface area contributed by atoms with E-state index in [4.69, 9.17) is 15.2 Å². The number of ether oxygens (including phenoxy) is 2. The predicted octanol–water partition coefficient (Wildman–Crippen LogP) is 13.4. The first kappa shape index (κ1) is 63.6. The lowest BCUT2D eigenvalue weighted by atomic mass is 10.1. The molecule has 3 aliphatic rings. The summed E-state index contributed by atoms with van der Waals surface area (Å²) in [5.41, 5.74) is 4.20. The monoisotopic (exact) mass is 1180 g/mol. The van der Waals surface area contributed by atoms with Crippen molar-refractivity contribution < 1.29 is 58.6 Å². The minimum Gasteiger partial charge on any atom is -0.444 e. The van der Waals surface area contributed by atoms with Crippen molar-refractivity contribution >= 4 is 72.2 Å². The van der Waals surface area contributed by atoms with Gasteiger partial charge in [0.15, 0.2) is 0 Å². The number of fused-ring (bicyclic) bond motifs is 3. The van der Waals surface area contributed by atoms with Gasteiger partial charge in [0.2, 0.25) is 0 Å². The highest BCUT2D eigenvalue weighted by molar-refractivity contribution is 9.10. The first-order valence-corrected chi connectivity index (χ1v) is 26.0. The maximum absolute atomic E-state index is 13.3. The number of alkyl carbamates (subject to hydrolysis) is 2. The van der Waals surface area contributed by atoms with Crippen LogP contribution in [0.25, 0.3) is 32.7 Å². The molecule has 0 aliphatic carbocycles. The number of pyridine rings is 3. The fourth-order valence-corrected chi connectivity index (χ4v) is 9.60. The Hall–Kier alpha value is -6.20. The number of nitrogens with one attached hydrogen (secondary N) is 3. The number of hydrogen-bond acceptors (Lipinski definition) is 11. The van der Waals surface area contributed by atoms with E-state index in [1.807, 2.05) is 37.5 Å². The van der Waals surface area contributed by atoms with Crippen molar-refractivity contribution in [2.24, 2.45) is 23.5 Å². The molecule has 432 valence electrons. The Morgan fingerprint density at radius 3 is 1.34 bits per heavy atom. The number of nitrogens with zero attached hydrogens (tertiary/aromatic N) is 5. The molecule has 3 aromatic heterocycles. The number of rotatable bonds is 4. The second kappa shape index (κ2) is 25.5. The maximum Gasteiger partial charge on any atom is 0.418 e. The van der Waals surface area contributed by atoms with E-state index in [0.29, 0.717) is 57.8 Å². The van der Waals surface area contributed by atoms with Gasteiger partial charge in [-0.1, -0.05) is 50.2 Å². The molecule has 23 heteroatoms. The van der Waals surface area contributed by atoms with E-state index < -0.39 is 52.5 Å². The first-order chi connectivity index (χ1) is 36.2. The molecule has 6 heterocycles. The summed E-state index contributed by atoms with van der Waals surface area (Å²) in [7, 11) is 0. The molecule has 5 N–H and O–H groups in total. The molecule has 9 rings (SSSR count). The van der Waals surface area contributed by atoms with Gasteiger partial charge in [-0.2, -0.15) is 39.5 Å². The van der Waals surface area contributed by atoms with E-state index in [1.165, 1.54) is 36.8 Å². The van der Waals surface area contributed by atoms with E-state index in [-0.39, 0.29) is 54.1 Å². The number of nitrogens with two attached hydrogens (primary N) is 1. The zero-order valence-electron chi connectivity index (χ0n) is 44.6. The van der Waals surface area contributed by atoms with E-state index >= 15 is 0 Å². The highest BCUT2D eigenvalue weighted by Crippen LogP contribution is 2.41. The summed E-state index contributed by atoms with van der Waals surface area (Å²) < 4.78 is 128. The Morgan fingerprint density at radius 1 is 0.557 bits per heavy atom. The highest BCUT2D eigenvalue weighted by Gasteiger charge is 2.38. The van der Waals surface area contributed by atoms with Gasteiger partial charge in [-0.05, 0) is 133 Å². The third-order valence-electron chi connectivity index (χ3n) is 13.0. The molecule has 0 spiro atoms. The maximum atomic E-state index is 13.3. The zero-order valence-corrected chi connectivity index (χ0v) is 46.2. The minimum absolute atomic E-state index is 0. The van der Waals surface area contributed by atoms with Gasteiger partial charge in [-0.25, -0.2) is 9.59 Å². The van der Waals surface area contributed by atoms with Crippen LogP contribution in [0.15, 0.2) is 95.9 Å². The summed E-state index contributed by atoms with van der Waals surface area (Å²) in [5, 5.41) is 10.4. The molecular weight excluding hydrogens is 1110 g/mol. The van der Waals surface area contributed by atoms with Gasteiger partial charge < -0.3 is 41.0 Å². The lowest BCUT2D eigenvalue weighted by Crippen LogP contribution is -2.42. The Labute approximate surface area is 462 Å². The Balaban J connectivity index is 0.000000201. The molecule has 2 amide bonds. The fraction of sp³-hybridized carbons (Fsp3) is 0.482. The average Bonchev–Trinajstić information content (AvgIpc) is 4.09. The summed E-state index contributed by atoms with van der Waals surface area (Å²) in [6.45, 7) is 21.4. The van der Waals surface area contributed by atoms with Gasteiger partial charge in [0, 0.05) is 95.4 Å². The molecule has 0 saturated carbocycles. The van der Waals surface area contributed by atoms with E-state index in [0.717, 1.165) is 43.5 Å². The van der Waals surface area contributed by atoms with Crippen molar-refractivity contribution in [2.45, 2.75) is 118 Å². The number of hydrogen-bond donors (Lipinski definition) is 4. The van der Waals surface area contributed by atoms with Crippen LogP contribution >= 0.6 is 15.9 Å². The van der Waals surface area contributed by atoms with Gasteiger partial charge in [0.25, 0.3) is 0 Å². The fourth-order valence-electron chi connectivity index (χ4n) is 9.15. The third kappa shape index (κ3) is 16.9. The second-order valence-corrected chi connectivity index (χ2v) is 22.5. The van der Waals surface area contributed by atoms with Gasteiger partial charge in [-0.3, -0.25) is 15.0 Å². The first-order valence-electron chi connectivity index (χ1n) is 25.2. The lowest BCUT2D eigenvalue weighted by molar-refractivity contribution is -0.137. The third-order valence-corrected chi connectivity index (χ3v) is 13.7. The number of amides is 2. The smallest absolute Gasteiger partial charge is 0.418 e. The van der Waals surface area contributed by atoms with Crippen LogP contribution in [0.2, 0.25) is 0 Å². The molecule has 6 atom stereocenters. The predicted molar refractivity (Wildman–Crippen MR) is 294 cm³/mol. The van der Waals surface area contributed by atoms with Crippen LogP contribution in [0.1, 0.15) is 86.4 Å². The van der Waals surface area contributed by atoms with Crippen LogP contribution in [0.4, 0.5) is 60.5 Å². The number of anilines is 2. The molecule has 13 nitrogen and oxygen atoms in total. The van der Waals surface area contributed by atoms with Crippen LogP contribution in [-0.2, 0) is 28.0 Å². The quantitative estimate of drug-likeness (QED) is 0.124. The topological polar surface area (TPSA) is 160 Å². The zero-order chi connectivity index (χ0) is 57.7. The number of benzene rings is 3. The number of carbonyl (C=O) groups excluding carboxylic acids is 2. The van der Waals surface area contributed by atoms with Crippen molar-refractivity contribution in [1.29, 1.82) is 0 Å². The normalized spacial score (nSPS) is 20.5. The van der Waals surface area contributed by atoms with Gasteiger partial charge in [-0.15, -0.1) is 0 Å². The van der Waals surface area contributed by atoms with Crippen LogP contribution in [-0.4, -0.2) is 95.7 Å².